The van der Waals surface area contributed by atoms with E-state index in [1.165, 1.54) is 11.1 Å². The summed E-state index contributed by atoms with van der Waals surface area (Å²) < 4.78 is 0. The molecule has 1 aliphatic heterocycles. The number of aromatic nitrogens is 2. The number of hydrogen-bond donors (Lipinski definition) is 1. The molecule has 1 N–H and O–H groups in total. The van der Waals surface area contributed by atoms with E-state index < -0.39 is 0 Å². The van der Waals surface area contributed by atoms with Crippen molar-refractivity contribution >= 4 is 16.6 Å². The highest BCUT2D eigenvalue weighted by molar-refractivity contribution is 5.81. The summed E-state index contributed by atoms with van der Waals surface area (Å²) in [7, 11) is 0. The first kappa shape index (κ1) is 21.4. The maximum Gasteiger partial charge on any atom is 0.258 e. The number of aryl methyl sites for hydroxylation is 1. The molecule has 5 rings (SSSR count). The summed E-state index contributed by atoms with van der Waals surface area (Å²) in [5, 5.41) is 0.661. The second-order valence-electron chi connectivity index (χ2n) is 8.84. The van der Waals surface area contributed by atoms with Crippen LogP contribution in [0, 0.1) is 6.92 Å². The molecule has 0 saturated carbocycles. The van der Waals surface area contributed by atoms with Gasteiger partial charge in [-0.15, -0.1) is 0 Å². The molecule has 0 atom stereocenters. The largest absolute Gasteiger partial charge is 0.369 e. The second-order valence-corrected chi connectivity index (χ2v) is 8.84. The fraction of sp³-hybridized carbons (Fsp3) is 0.286. The average molecular weight is 439 g/mol. The van der Waals surface area contributed by atoms with E-state index >= 15 is 0 Å². The Labute approximate surface area is 194 Å². The van der Waals surface area contributed by atoms with Crippen molar-refractivity contribution < 1.29 is 0 Å². The van der Waals surface area contributed by atoms with Crippen molar-refractivity contribution in [2.24, 2.45) is 0 Å². The van der Waals surface area contributed by atoms with Crippen LogP contribution in [-0.4, -0.2) is 47.6 Å². The molecule has 0 unspecified atom stereocenters. The number of hydrogen-bond acceptors (Lipinski definition) is 4. The minimum atomic E-state index is -0.0640. The van der Waals surface area contributed by atoms with Gasteiger partial charge in [-0.2, -0.15) is 0 Å². The van der Waals surface area contributed by atoms with Gasteiger partial charge in [0, 0.05) is 37.8 Å². The number of piperazine rings is 1. The van der Waals surface area contributed by atoms with Gasteiger partial charge < -0.3 is 9.88 Å². The highest BCUT2D eigenvalue weighted by Crippen LogP contribution is 2.28. The maximum absolute atomic E-state index is 12.3. The van der Waals surface area contributed by atoms with Crippen molar-refractivity contribution in [3.8, 4) is 0 Å². The first-order chi connectivity index (χ1) is 16.2. The zero-order chi connectivity index (χ0) is 22.6. The Kier molecular flexibility index (Phi) is 6.22. The zero-order valence-electron chi connectivity index (χ0n) is 19.1. The van der Waals surface area contributed by atoms with Gasteiger partial charge in [0.15, 0.2) is 0 Å². The van der Waals surface area contributed by atoms with Gasteiger partial charge in [-0.1, -0.05) is 60.7 Å². The van der Waals surface area contributed by atoms with Gasteiger partial charge >= 0.3 is 0 Å². The maximum atomic E-state index is 12.3. The van der Waals surface area contributed by atoms with E-state index in [-0.39, 0.29) is 5.56 Å². The molecule has 2 heterocycles. The molecular formula is C28H30N4O. The minimum Gasteiger partial charge on any atom is -0.369 e. The Morgan fingerprint density at radius 3 is 2.15 bits per heavy atom. The molecule has 168 valence electrons. The van der Waals surface area contributed by atoms with Crippen molar-refractivity contribution in [3.63, 3.8) is 0 Å². The van der Waals surface area contributed by atoms with Gasteiger partial charge in [-0.05, 0) is 49.2 Å². The molecule has 5 heteroatoms. The molecule has 33 heavy (non-hydrogen) atoms. The van der Waals surface area contributed by atoms with Crippen molar-refractivity contribution in [1.29, 1.82) is 0 Å². The number of nitrogens with one attached hydrogen (secondary N) is 1. The highest BCUT2D eigenvalue weighted by Gasteiger charge is 2.20. The molecule has 1 aliphatic rings. The van der Waals surface area contributed by atoms with Gasteiger partial charge in [0.05, 0.1) is 10.9 Å². The van der Waals surface area contributed by atoms with E-state index in [1.54, 1.807) is 0 Å². The van der Waals surface area contributed by atoms with Crippen LogP contribution in [0.15, 0.2) is 83.7 Å². The monoisotopic (exact) mass is 438 g/mol. The number of benzene rings is 3. The Balaban J connectivity index is 1.24. The predicted octanol–water partition coefficient (Wildman–Crippen LogP) is 4.58. The Morgan fingerprint density at radius 2 is 1.52 bits per heavy atom. The molecule has 4 aromatic rings. The van der Waals surface area contributed by atoms with Crippen LogP contribution in [0.25, 0.3) is 10.9 Å². The summed E-state index contributed by atoms with van der Waals surface area (Å²) in [6, 6.07) is 27.7. The number of aromatic amines is 1. The van der Waals surface area contributed by atoms with E-state index in [0.717, 1.165) is 50.3 Å². The van der Waals surface area contributed by atoms with Crippen LogP contribution in [0.3, 0.4) is 0 Å². The molecule has 0 aliphatic carbocycles. The van der Waals surface area contributed by atoms with Gasteiger partial charge in [0.25, 0.3) is 5.56 Å². The predicted molar refractivity (Wildman–Crippen MR) is 135 cm³/mol. The molecular weight excluding hydrogens is 408 g/mol. The van der Waals surface area contributed by atoms with Crippen LogP contribution in [-0.2, 0) is 0 Å². The molecule has 0 spiro atoms. The molecule has 0 amide bonds. The van der Waals surface area contributed by atoms with Crippen LogP contribution >= 0.6 is 0 Å². The lowest BCUT2D eigenvalue weighted by Crippen LogP contribution is -2.46. The number of anilines is 1. The van der Waals surface area contributed by atoms with E-state index in [1.807, 2.05) is 19.1 Å². The van der Waals surface area contributed by atoms with E-state index in [9.17, 15) is 4.79 Å². The van der Waals surface area contributed by atoms with Gasteiger partial charge in [-0.25, -0.2) is 4.98 Å². The van der Waals surface area contributed by atoms with Crippen molar-refractivity contribution in [3.05, 3.63) is 106 Å². The van der Waals surface area contributed by atoms with Gasteiger partial charge in [0.1, 0.15) is 5.82 Å². The summed E-state index contributed by atoms with van der Waals surface area (Å²) in [6.07, 6.45) is 1.10. The molecule has 0 radical (unpaired) electrons. The van der Waals surface area contributed by atoms with E-state index in [0.29, 0.717) is 17.1 Å². The number of fused-ring (bicyclic) bond motifs is 1. The number of nitrogens with zero attached hydrogens (tertiary/aromatic N) is 3. The second kappa shape index (κ2) is 9.59. The standard InChI is InChI=1S/C28H30N4O/c1-21-29-27-13-12-24(20-26(27)28(33)30-21)32-18-16-31(17-19-32)15-14-25(22-8-4-2-5-9-22)23-10-6-3-7-11-23/h2-13,20,25H,14-19H2,1H3,(H,29,30,33). The van der Waals surface area contributed by atoms with Crippen molar-refractivity contribution in [1.82, 2.24) is 14.9 Å². The zero-order valence-corrected chi connectivity index (χ0v) is 19.1. The lowest BCUT2D eigenvalue weighted by molar-refractivity contribution is 0.251. The first-order valence-electron chi connectivity index (χ1n) is 11.8. The van der Waals surface area contributed by atoms with Crippen LogP contribution in [0.2, 0.25) is 0 Å². The summed E-state index contributed by atoms with van der Waals surface area (Å²) in [5.74, 6) is 1.06. The summed E-state index contributed by atoms with van der Waals surface area (Å²) in [6.45, 7) is 6.86. The molecule has 1 aromatic heterocycles. The third-order valence-corrected chi connectivity index (χ3v) is 6.68. The minimum absolute atomic E-state index is 0.0640. The fourth-order valence-corrected chi connectivity index (χ4v) is 4.88. The Morgan fingerprint density at radius 1 is 0.879 bits per heavy atom. The SMILES string of the molecule is Cc1nc2ccc(N3CCN(CCC(c4ccccc4)c4ccccc4)CC3)cc2c(=O)[nH]1. The third kappa shape index (κ3) is 4.83. The van der Waals surface area contributed by atoms with Crippen molar-refractivity contribution in [2.75, 3.05) is 37.6 Å². The smallest absolute Gasteiger partial charge is 0.258 e. The topological polar surface area (TPSA) is 52.2 Å². The van der Waals surface area contributed by atoms with Crippen LogP contribution < -0.4 is 10.5 Å². The van der Waals surface area contributed by atoms with E-state index in [4.69, 9.17) is 0 Å². The number of rotatable bonds is 6. The lowest BCUT2D eigenvalue weighted by Gasteiger charge is -2.36. The van der Waals surface area contributed by atoms with Crippen LogP contribution in [0.4, 0.5) is 5.69 Å². The quantitative estimate of drug-likeness (QED) is 0.479. The molecule has 0 bridgehead atoms. The normalized spacial score (nSPS) is 14.8. The number of H-pyrrole nitrogens is 1. The highest BCUT2D eigenvalue weighted by atomic mass is 16.1. The fourth-order valence-electron chi connectivity index (χ4n) is 4.88. The Bertz CT molecular complexity index is 1220. The van der Waals surface area contributed by atoms with Crippen molar-refractivity contribution in [2.45, 2.75) is 19.3 Å². The van der Waals surface area contributed by atoms with Crippen LogP contribution in [0.1, 0.15) is 29.3 Å². The summed E-state index contributed by atoms with van der Waals surface area (Å²) >= 11 is 0. The Hall–Kier alpha value is -3.44. The molecule has 1 saturated heterocycles. The van der Waals surface area contributed by atoms with Gasteiger partial charge in [0.2, 0.25) is 0 Å². The average Bonchev–Trinajstić information content (AvgIpc) is 2.86. The summed E-state index contributed by atoms with van der Waals surface area (Å²) in [5.41, 5.74) is 4.56. The third-order valence-electron chi connectivity index (χ3n) is 6.68. The lowest BCUT2D eigenvalue weighted by atomic mass is 9.88. The summed E-state index contributed by atoms with van der Waals surface area (Å²) in [4.78, 5) is 24.5. The van der Waals surface area contributed by atoms with E-state index in [2.05, 4.69) is 86.5 Å². The molecule has 3 aromatic carbocycles. The van der Waals surface area contributed by atoms with Gasteiger partial charge in [-0.3, -0.25) is 9.69 Å². The molecule has 1 fully saturated rings. The van der Waals surface area contributed by atoms with Crippen LogP contribution in [0.5, 0.6) is 0 Å². The molecule has 5 nitrogen and oxygen atoms in total. The first-order valence-corrected chi connectivity index (χ1v) is 11.8.